The second kappa shape index (κ2) is 5.68. The lowest BCUT2D eigenvalue weighted by Gasteiger charge is -2.10. The molecule has 0 aromatic carbocycles. The predicted octanol–water partition coefficient (Wildman–Crippen LogP) is 2.16. The summed E-state index contributed by atoms with van der Waals surface area (Å²) >= 11 is 3.27. The van der Waals surface area contributed by atoms with E-state index in [-0.39, 0.29) is 0 Å². The Labute approximate surface area is 92.9 Å². The van der Waals surface area contributed by atoms with E-state index in [9.17, 15) is 0 Å². The third-order valence-electron chi connectivity index (χ3n) is 2.46. The maximum absolute atomic E-state index is 4.13. The molecule has 0 radical (unpaired) electrons. The zero-order valence-corrected chi connectivity index (χ0v) is 9.74. The van der Waals surface area contributed by atoms with Gasteiger partial charge in [-0.05, 0) is 24.4 Å². The average Bonchev–Trinajstić information content (AvgIpc) is 2.86. The summed E-state index contributed by atoms with van der Waals surface area (Å²) in [5, 5.41) is 3.58. The molecule has 1 saturated carbocycles. The lowest BCUT2D eigenvalue weighted by molar-refractivity contribution is 0.545. The van der Waals surface area contributed by atoms with Crippen LogP contribution < -0.4 is 5.32 Å². The molecule has 0 atom stereocenters. The number of nitrogens with one attached hydrogen (secondary N) is 1. The number of thioether (sulfide) groups is 1. The van der Waals surface area contributed by atoms with E-state index in [4.69, 9.17) is 0 Å². The molecule has 3 nitrogen and oxygen atoms in total. The molecule has 0 aliphatic heterocycles. The van der Waals surface area contributed by atoms with E-state index in [0.717, 1.165) is 22.7 Å². The molecule has 1 aromatic heterocycles. The molecule has 2 rings (SSSR count). The highest BCUT2D eigenvalue weighted by molar-refractivity contribution is 8.00. The van der Waals surface area contributed by atoms with Crippen LogP contribution in [0.15, 0.2) is 10.7 Å². The molecule has 1 N–H and O–H groups in total. The quantitative estimate of drug-likeness (QED) is 0.620. The van der Waals surface area contributed by atoms with Crippen LogP contribution in [0.4, 0.5) is 0 Å². The Balaban J connectivity index is 1.55. The summed E-state index contributed by atoms with van der Waals surface area (Å²) in [7, 11) is 0. The summed E-state index contributed by atoms with van der Waals surface area (Å²) in [5.41, 5.74) is 0. The van der Waals surface area contributed by atoms with Crippen LogP contribution in [0.1, 0.15) is 25.7 Å². The number of hydrogen-bond donors (Lipinski definition) is 1. The van der Waals surface area contributed by atoms with Gasteiger partial charge in [-0.2, -0.15) is 4.37 Å². The van der Waals surface area contributed by atoms with Gasteiger partial charge in [-0.25, -0.2) is 4.98 Å². The summed E-state index contributed by atoms with van der Waals surface area (Å²) in [6, 6.07) is 0.782. The predicted molar refractivity (Wildman–Crippen MR) is 60.9 cm³/mol. The minimum Gasteiger partial charge on any atom is -0.313 e. The van der Waals surface area contributed by atoms with Crippen LogP contribution in [-0.2, 0) is 0 Å². The third kappa shape index (κ3) is 3.22. The van der Waals surface area contributed by atoms with E-state index in [1.165, 1.54) is 37.2 Å². The van der Waals surface area contributed by atoms with Gasteiger partial charge in [0.1, 0.15) is 6.33 Å². The van der Waals surface area contributed by atoms with Gasteiger partial charge in [0.15, 0.2) is 4.34 Å². The average molecular weight is 229 g/mol. The monoisotopic (exact) mass is 229 g/mol. The second-order valence-electron chi connectivity index (χ2n) is 3.49. The highest BCUT2D eigenvalue weighted by atomic mass is 32.2. The van der Waals surface area contributed by atoms with Gasteiger partial charge in [0.2, 0.25) is 0 Å². The van der Waals surface area contributed by atoms with Gasteiger partial charge in [0, 0.05) is 18.3 Å². The number of nitrogens with zero attached hydrogens (tertiary/aromatic N) is 2. The minimum absolute atomic E-state index is 0.782. The van der Waals surface area contributed by atoms with E-state index in [1.807, 2.05) is 0 Å². The van der Waals surface area contributed by atoms with Gasteiger partial charge in [0.25, 0.3) is 0 Å². The van der Waals surface area contributed by atoms with Crippen molar-refractivity contribution < 1.29 is 0 Å². The summed E-state index contributed by atoms with van der Waals surface area (Å²) in [6.07, 6.45) is 7.16. The van der Waals surface area contributed by atoms with Gasteiger partial charge in [0.05, 0.1) is 0 Å². The van der Waals surface area contributed by atoms with Gasteiger partial charge in [-0.15, -0.1) is 0 Å². The lowest BCUT2D eigenvalue weighted by atomic mass is 10.2. The Bertz CT molecular complexity index is 245. The number of rotatable bonds is 5. The molecular weight excluding hydrogens is 214 g/mol. The Morgan fingerprint density at radius 2 is 2.36 bits per heavy atom. The third-order valence-corrected chi connectivity index (χ3v) is 4.26. The molecule has 78 valence electrons. The summed E-state index contributed by atoms with van der Waals surface area (Å²) in [6.45, 7) is 1.09. The standard InChI is InChI=1S/C9H15N3S2/c1-2-4-8(3-1)10-5-6-13-9-11-7-12-14-9/h7-8,10H,1-6H2. The fourth-order valence-corrected chi connectivity index (χ4v) is 3.14. The molecule has 1 aromatic rings. The molecule has 1 aliphatic rings. The molecule has 0 bridgehead atoms. The van der Waals surface area contributed by atoms with Crippen LogP contribution in [0.5, 0.6) is 0 Å². The van der Waals surface area contributed by atoms with Crippen molar-refractivity contribution in [2.75, 3.05) is 12.3 Å². The van der Waals surface area contributed by atoms with E-state index in [1.54, 1.807) is 18.1 Å². The van der Waals surface area contributed by atoms with Crippen LogP contribution in [0.25, 0.3) is 0 Å². The van der Waals surface area contributed by atoms with Crippen molar-refractivity contribution in [2.24, 2.45) is 0 Å². The topological polar surface area (TPSA) is 37.8 Å². The summed E-state index contributed by atoms with van der Waals surface area (Å²) < 4.78 is 5.05. The van der Waals surface area contributed by atoms with Crippen LogP contribution in [0, 0.1) is 0 Å². The molecule has 1 heterocycles. The lowest BCUT2D eigenvalue weighted by Crippen LogP contribution is -2.27. The van der Waals surface area contributed by atoms with Crippen molar-refractivity contribution in [2.45, 2.75) is 36.1 Å². The highest BCUT2D eigenvalue weighted by Gasteiger charge is 2.13. The van der Waals surface area contributed by atoms with E-state index < -0.39 is 0 Å². The largest absolute Gasteiger partial charge is 0.313 e. The molecule has 0 saturated heterocycles. The van der Waals surface area contributed by atoms with E-state index in [2.05, 4.69) is 14.7 Å². The van der Waals surface area contributed by atoms with Crippen LogP contribution in [0.2, 0.25) is 0 Å². The van der Waals surface area contributed by atoms with E-state index >= 15 is 0 Å². The van der Waals surface area contributed by atoms with Crippen molar-refractivity contribution in [3.05, 3.63) is 6.33 Å². The smallest absolute Gasteiger partial charge is 0.169 e. The highest BCUT2D eigenvalue weighted by Crippen LogP contribution is 2.19. The first-order chi connectivity index (χ1) is 6.95. The molecular formula is C9H15N3S2. The van der Waals surface area contributed by atoms with Crippen molar-refractivity contribution in [1.82, 2.24) is 14.7 Å². The molecule has 0 unspecified atom stereocenters. The summed E-state index contributed by atoms with van der Waals surface area (Å²) in [4.78, 5) is 4.13. The molecule has 1 aliphatic carbocycles. The number of hydrogen-bond acceptors (Lipinski definition) is 5. The maximum Gasteiger partial charge on any atom is 0.169 e. The number of aromatic nitrogens is 2. The SMILES string of the molecule is c1nsc(SCCNC2CCCC2)n1. The molecule has 0 amide bonds. The Hall–Kier alpha value is -0.130. The fourth-order valence-electron chi connectivity index (χ4n) is 1.76. The molecule has 1 fully saturated rings. The first-order valence-electron chi connectivity index (χ1n) is 5.08. The molecule has 5 heteroatoms. The van der Waals surface area contributed by atoms with Gasteiger partial charge in [-0.3, -0.25) is 0 Å². The second-order valence-corrected chi connectivity index (χ2v) is 5.61. The van der Waals surface area contributed by atoms with Gasteiger partial charge < -0.3 is 5.32 Å². The Morgan fingerprint density at radius 3 is 3.07 bits per heavy atom. The zero-order valence-electron chi connectivity index (χ0n) is 8.11. The zero-order chi connectivity index (χ0) is 9.64. The van der Waals surface area contributed by atoms with Crippen LogP contribution >= 0.6 is 23.3 Å². The normalized spacial score (nSPS) is 17.7. The molecule has 14 heavy (non-hydrogen) atoms. The van der Waals surface area contributed by atoms with Crippen LogP contribution in [0.3, 0.4) is 0 Å². The first kappa shape index (κ1) is 10.4. The van der Waals surface area contributed by atoms with Gasteiger partial charge in [-0.1, -0.05) is 24.6 Å². The molecule has 0 spiro atoms. The first-order valence-corrected chi connectivity index (χ1v) is 6.84. The fraction of sp³-hybridized carbons (Fsp3) is 0.778. The van der Waals surface area contributed by atoms with Gasteiger partial charge >= 0.3 is 0 Å². The Morgan fingerprint density at radius 1 is 1.50 bits per heavy atom. The van der Waals surface area contributed by atoms with Crippen molar-refractivity contribution in [1.29, 1.82) is 0 Å². The van der Waals surface area contributed by atoms with Crippen LogP contribution in [-0.4, -0.2) is 27.7 Å². The van der Waals surface area contributed by atoms with Crippen molar-refractivity contribution >= 4 is 23.3 Å². The van der Waals surface area contributed by atoms with Crippen molar-refractivity contribution in [3.8, 4) is 0 Å². The van der Waals surface area contributed by atoms with Crippen molar-refractivity contribution in [3.63, 3.8) is 0 Å². The minimum atomic E-state index is 0.782. The Kier molecular flexibility index (Phi) is 4.21. The van der Waals surface area contributed by atoms with E-state index in [0.29, 0.717) is 0 Å². The maximum atomic E-state index is 4.13. The summed E-state index contributed by atoms with van der Waals surface area (Å²) in [5.74, 6) is 1.10.